The summed E-state index contributed by atoms with van der Waals surface area (Å²) in [5.74, 6) is 0.692. The maximum atomic E-state index is 11.4. The van der Waals surface area contributed by atoms with E-state index in [2.05, 4.69) is 20.6 Å². The molecule has 0 atom stereocenters. The van der Waals surface area contributed by atoms with Gasteiger partial charge in [0.1, 0.15) is 16.2 Å². The summed E-state index contributed by atoms with van der Waals surface area (Å²) in [5, 5.41) is 6.90. The van der Waals surface area contributed by atoms with Crippen LogP contribution in [0, 0.1) is 6.92 Å². The molecule has 0 bridgehead atoms. The molecule has 2 aromatic rings. The van der Waals surface area contributed by atoms with Crippen LogP contribution in [-0.4, -0.2) is 28.5 Å². The lowest BCUT2D eigenvalue weighted by molar-refractivity contribution is -0.121. The van der Waals surface area contributed by atoms with Crippen molar-refractivity contribution in [3.63, 3.8) is 0 Å². The second-order valence-electron chi connectivity index (χ2n) is 4.84. The number of aryl methyl sites for hydroxylation is 1. The molecule has 0 aliphatic heterocycles. The van der Waals surface area contributed by atoms with Crippen molar-refractivity contribution in [1.29, 1.82) is 0 Å². The minimum absolute atomic E-state index is 0.433. The van der Waals surface area contributed by atoms with Crippen molar-refractivity contribution >= 4 is 39.2 Å². The molecule has 0 spiro atoms. The number of thiophene rings is 1. The predicted octanol–water partition coefficient (Wildman–Crippen LogP) is 1.72. The van der Waals surface area contributed by atoms with Crippen LogP contribution in [0.4, 0.5) is 11.8 Å². The average Bonchev–Trinajstić information content (AvgIpc) is 2.69. The Balaban J connectivity index is 2.54. The average molecular weight is 279 g/mol. The molecular weight excluding hydrogens is 262 g/mol. The van der Waals surface area contributed by atoms with E-state index in [-0.39, 0.29) is 0 Å². The smallest absolute Gasteiger partial charge is 0.242 e. The van der Waals surface area contributed by atoms with Crippen molar-refractivity contribution in [2.24, 2.45) is 5.73 Å². The highest BCUT2D eigenvalue weighted by Crippen LogP contribution is 2.30. The van der Waals surface area contributed by atoms with Crippen molar-refractivity contribution in [3.8, 4) is 0 Å². The molecule has 0 saturated carbocycles. The first-order valence-electron chi connectivity index (χ1n) is 5.87. The molecule has 7 heteroatoms. The fourth-order valence-corrected chi connectivity index (χ4v) is 2.49. The summed E-state index contributed by atoms with van der Waals surface area (Å²) >= 11 is 1.58. The molecule has 0 radical (unpaired) electrons. The highest BCUT2D eigenvalue weighted by Gasteiger charge is 2.26. The Bertz CT molecular complexity index is 634. The lowest BCUT2D eigenvalue weighted by Gasteiger charge is -2.23. The van der Waals surface area contributed by atoms with Gasteiger partial charge in [0.05, 0.1) is 5.39 Å². The zero-order valence-corrected chi connectivity index (χ0v) is 12.2. The number of nitrogens with two attached hydrogens (primary N) is 1. The number of carbonyl (C=O) groups excluding carboxylic acids is 1. The maximum Gasteiger partial charge on any atom is 0.242 e. The number of hydrogen-bond donors (Lipinski definition) is 3. The van der Waals surface area contributed by atoms with E-state index in [0.29, 0.717) is 11.8 Å². The second-order valence-corrected chi connectivity index (χ2v) is 6.07. The fourth-order valence-electron chi connectivity index (χ4n) is 1.61. The van der Waals surface area contributed by atoms with Gasteiger partial charge in [0.15, 0.2) is 0 Å². The van der Waals surface area contributed by atoms with E-state index in [1.54, 1.807) is 32.2 Å². The molecule has 6 nitrogen and oxygen atoms in total. The van der Waals surface area contributed by atoms with Gasteiger partial charge in [-0.25, -0.2) is 4.98 Å². The molecule has 2 rings (SSSR count). The summed E-state index contributed by atoms with van der Waals surface area (Å²) in [5.41, 5.74) is 4.51. The van der Waals surface area contributed by atoms with Crippen molar-refractivity contribution in [1.82, 2.24) is 9.97 Å². The van der Waals surface area contributed by atoms with Crippen LogP contribution in [0.25, 0.3) is 10.2 Å². The molecule has 0 aromatic carbocycles. The highest BCUT2D eigenvalue weighted by molar-refractivity contribution is 7.18. The monoisotopic (exact) mass is 279 g/mol. The van der Waals surface area contributed by atoms with Gasteiger partial charge in [-0.05, 0) is 26.8 Å². The molecule has 1 amide bonds. The van der Waals surface area contributed by atoms with Crippen LogP contribution >= 0.6 is 11.3 Å². The van der Waals surface area contributed by atoms with E-state index >= 15 is 0 Å². The number of carbonyl (C=O) groups is 1. The first kappa shape index (κ1) is 13.5. The van der Waals surface area contributed by atoms with Crippen LogP contribution in [0.3, 0.4) is 0 Å². The van der Waals surface area contributed by atoms with Crippen LogP contribution in [0.1, 0.15) is 18.7 Å². The summed E-state index contributed by atoms with van der Waals surface area (Å²) in [6.45, 7) is 5.46. The van der Waals surface area contributed by atoms with Crippen LogP contribution in [0.5, 0.6) is 0 Å². The Labute approximate surface area is 115 Å². The summed E-state index contributed by atoms with van der Waals surface area (Å²) in [4.78, 5) is 22.2. The van der Waals surface area contributed by atoms with E-state index in [9.17, 15) is 4.79 Å². The van der Waals surface area contributed by atoms with E-state index in [1.807, 2.05) is 13.0 Å². The van der Waals surface area contributed by atoms with E-state index in [1.165, 1.54) is 0 Å². The Morgan fingerprint density at radius 3 is 2.68 bits per heavy atom. The Kier molecular flexibility index (Phi) is 3.32. The zero-order chi connectivity index (χ0) is 14.2. The first-order chi connectivity index (χ1) is 8.83. The standard InChI is InChI=1S/C12H17N5OS/c1-6-5-7-8(17-12(2,3)10(13)18)15-11(14-4)16-9(7)19-6/h5H,1-4H3,(H2,13,18)(H2,14,15,16,17). The topological polar surface area (TPSA) is 92.9 Å². The number of anilines is 2. The second kappa shape index (κ2) is 4.65. The van der Waals surface area contributed by atoms with E-state index in [4.69, 9.17) is 5.73 Å². The molecule has 0 unspecified atom stereocenters. The molecule has 4 N–H and O–H groups in total. The van der Waals surface area contributed by atoms with Crippen LogP contribution in [0.2, 0.25) is 0 Å². The number of amides is 1. The van der Waals surface area contributed by atoms with Crippen LogP contribution in [0.15, 0.2) is 6.07 Å². The quantitative estimate of drug-likeness (QED) is 0.792. The van der Waals surface area contributed by atoms with Crippen molar-refractivity contribution < 1.29 is 4.79 Å². The molecule has 0 saturated heterocycles. The van der Waals surface area contributed by atoms with Crippen molar-refractivity contribution in [2.45, 2.75) is 26.3 Å². The number of hydrogen-bond acceptors (Lipinski definition) is 6. The van der Waals surface area contributed by atoms with Crippen LogP contribution in [-0.2, 0) is 4.79 Å². The van der Waals surface area contributed by atoms with E-state index < -0.39 is 11.4 Å². The van der Waals surface area contributed by atoms with E-state index in [0.717, 1.165) is 15.1 Å². The number of aromatic nitrogens is 2. The molecule has 19 heavy (non-hydrogen) atoms. The predicted molar refractivity (Wildman–Crippen MR) is 78.6 cm³/mol. The molecule has 2 heterocycles. The lowest BCUT2D eigenvalue weighted by atomic mass is 10.1. The number of fused-ring (bicyclic) bond motifs is 1. The third kappa shape index (κ3) is 2.60. The van der Waals surface area contributed by atoms with Gasteiger partial charge in [0.25, 0.3) is 0 Å². The van der Waals surface area contributed by atoms with Crippen molar-refractivity contribution in [2.75, 3.05) is 17.7 Å². The number of nitrogens with zero attached hydrogens (tertiary/aromatic N) is 2. The van der Waals surface area contributed by atoms with Gasteiger partial charge >= 0.3 is 0 Å². The van der Waals surface area contributed by atoms with Gasteiger partial charge in [0.2, 0.25) is 11.9 Å². The van der Waals surface area contributed by atoms with Crippen LogP contribution < -0.4 is 16.4 Å². The normalized spacial score (nSPS) is 11.6. The number of rotatable bonds is 4. The highest BCUT2D eigenvalue weighted by atomic mass is 32.1. The third-order valence-corrected chi connectivity index (χ3v) is 3.73. The van der Waals surface area contributed by atoms with Gasteiger partial charge in [-0.2, -0.15) is 4.98 Å². The molecular formula is C12H17N5OS. The Morgan fingerprint density at radius 1 is 1.42 bits per heavy atom. The first-order valence-corrected chi connectivity index (χ1v) is 6.69. The van der Waals surface area contributed by atoms with Gasteiger partial charge in [-0.1, -0.05) is 0 Å². The summed E-state index contributed by atoms with van der Waals surface area (Å²) < 4.78 is 0. The minimum atomic E-state index is -0.873. The number of primary amides is 1. The summed E-state index contributed by atoms with van der Waals surface area (Å²) in [6, 6.07) is 2.00. The van der Waals surface area contributed by atoms with Crippen molar-refractivity contribution in [3.05, 3.63) is 10.9 Å². The zero-order valence-electron chi connectivity index (χ0n) is 11.4. The molecule has 0 aliphatic rings. The Morgan fingerprint density at radius 2 is 2.11 bits per heavy atom. The van der Waals surface area contributed by atoms with Gasteiger partial charge in [-0.15, -0.1) is 11.3 Å². The molecule has 0 fully saturated rings. The van der Waals surface area contributed by atoms with Gasteiger partial charge in [0, 0.05) is 11.9 Å². The largest absolute Gasteiger partial charge is 0.368 e. The molecule has 0 aliphatic carbocycles. The Hall–Kier alpha value is -1.89. The molecule has 2 aromatic heterocycles. The maximum absolute atomic E-state index is 11.4. The summed E-state index contributed by atoms with van der Waals surface area (Å²) in [6.07, 6.45) is 0. The number of nitrogens with one attached hydrogen (secondary N) is 2. The van der Waals surface area contributed by atoms with Gasteiger partial charge < -0.3 is 16.4 Å². The SMILES string of the molecule is CNc1nc(NC(C)(C)C(N)=O)c2cc(C)sc2n1. The van der Waals surface area contributed by atoms with Gasteiger partial charge in [-0.3, -0.25) is 4.79 Å². The lowest BCUT2D eigenvalue weighted by Crippen LogP contribution is -2.45. The molecule has 102 valence electrons. The summed E-state index contributed by atoms with van der Waals surface area (Å²) in [7, 11) is 1.75. The minimum Gasteiger partial charge on any atom is -0.368 e. The third-order valence-electron chi connectivity index (χ3n) is 2.79. The fraction of sp³-hybridized carbons (Fsp3) is 0.417.